The first-order valence-corrected chi connectivity index (χ1v) is 6.72. The SMILES string of the molecule is CC(C)(C)C1C=Cc2ccoc2N(C(C)(C)C)C1=O. The summed E-state index contributed by atoms with van der Waals surface area (Å²) in [5, 5.41) is 0. The molecule has 0 aliphatic carbocycles. The van der Waals surface area contributed by atoms with Crippen molar-refractivity contribution in [1.29, 1.82) is 0 Å². The van der Waals surface area contributed by atoms with Gasteiger partial charge in [-0.15, -0.1) is 0 Å². The van der Waals surface area contributed by atoms with Gasteiger partial charge in [0.15, 0.2) is 0 Å². The molecule has 3 nitrogen and oxygen atoms in total. The van der Waals surface area contributed by atoms with E-state index < -0.39 is 0 Å². The van der Waals surface area contributed by atoms with E-state index in [1.54, 1.807) is 11.2 Å². The fraction of sp³-hybridized carbons (Fsp3) is 0.562. The van der Waals surface area contributed by atoms with E-state index in [-0.39, 0.29) is 22.8 Å². The van der Waals surface area contributed by atoms with Crippen molar-refractivity contribution in [2.24, 2.45) is 11.3 Å². The van der Waals surface area contributed by atoms with Crippen LogP contribution in [0, 0.1) is 11.3 Å². The highest BCUT2D eigenvalue weighted by Gasteiger charge is 2.40. The van der Waals surface area contributed by atoms with Gasteiger partial charge in [-0.3, -0.25) is 9.69 Å². The summed E-state index contributed by atoms with van der Waals surface area (Å²) < 4.78 is 5.56. The first-order chi connectivity index (χ1) is 8.62. The maximum Gasteiger partial charge on any atom is 0.237 e. The number of nitrogens with zero attached hydrogens (tertiary/aromatic N) is 1. The fourth-order valence-corrected chi connectivity index (χ4v) is 2.44. The molecule has 104 valence electrons. The molecular formula is C16H23NO2. The molecule has 19 heavy (non-hydrogen) atoms. The molecule has 1 aromatic rings. The predicted molar refractivity (Wildman–Crippen MR) is 77.9 cm³/mol. The minimum Gasteiger partial charge on any atom is -0.448 e. The third kappa shape index (κ3) is 2.46. The molecule has 1 aliphatic heterocycles. The predicted octanol–water partition coefficient (Wildman–Crippen LogP) is 4.10. The molecule has 2 rings (SSSR count). The summed E-state index contributed by atoms with van der Waals surface area (Å²) in [6.07, 6.45) is 5.64. The summed E-state index contributed by atoms with van der Waals surface area (Å²) in [5.74, 6) is 0.611. The first-order valence-electron chi connectivity index (χ1n) is 6.72. The second-order valence-corrected chi connectivity index (χ2v) is 7.23. The van der Waals surface area contributed by atoms with Gasteiger partial charge in [-0.05, 0) is 32.3 Å². The van der Waals surface area contributed by atoms with Crippen molar-refractivity contribution >= 4 is 17.9 Å². The minimum absolute atomic E-state index is 0.102. The van der Waals surface area contributed by atoms with Gasteiger partial charge in [0.25, 0.3) is 0 Å². The van der Waals surface area contributed by atoms with E-state index in [9.17, 15) is 4.79 Å². The zero-order chi connectivity index (χ0) is 14.4. The van der Waals surface area contributed by atoms with E-state index in [2.05, 4.69) is 20.8 Å². The smallest absolute Gasteiger partial charge is 0.237 e. The zero-order valence-corrected chi connectivity index (χ0v) is 12.7. The van der Waals surface area contributed by atoms with Gasteiger partial charge in [-0.2, -0.15) is 0 Å². The molecule has 1 aliphatic rings. The molecule has 1 atom stereocenters. The maximum atomic E-state index is 12.9. The summed E-state index contributed by atoms with van der Waals surface area (Å²) in [7, 11) is 0. The molecule has 0 bridgehead atoms. The van der Waals surface area contributed by atoms with Crippen LogP contribution < -0.4 is 4.90 Å². The highest BCUT2D eigenvalue weighted by Crippen LogP contribution is 2.39. The van der Waals surface area contributed by atoms with Gasteiger partial charge < -0.3 is 4.42 Å². The second kappa shape index (κ2) is 4.26. The Morgan fingerprint density at radius 1 is 1.16 bits per heavy atom. The quantitative estimate of drug-likeness (QED) is 0.704. The summed E-state index contributed by atoms with van der Waals surface area (Å²) in [6, 6.07) is 1.91. The number of carbonyl (C=O) groups excluding carboxylic acids is 1. The number of hydrogen-bond acceptors (Lipinski definition) is 2. The molecule has 3 heteroatoms. The third-order valence-corrected chi connectivity index (χ3v) is 3.44. The topological polar surface area (TPSA) is 33.5 Å². The van der Waals surface area contributed by atoms with Crippen LogP contribution in [-0.4, -0.2) is 11.4 Å². The molecule has 0 spiro atoms. The van der Waals surface area contributed by atoms with Gasteiger partial charge in [0, 0.05) is 11.1 Å². The monoisotopic (exact) mass is 261 g/mol. The molecular weight excluding hydrogens is 238 g/mol. The van der Waals surface area contributed by atoms with Gasteiger partial charge in [-0.25, -0.2) is 0 Å². The molecule has 0 saturated carbocycles. The summed E-state index contributed by atoms with van der Waals surface area (Å²) in [6.45, 7) is 12.4. The number of amides is 1. The van der Waals surface area contributed by atoms with Crippen LogP contribution in [0.2, 0.25) is 0 Å². The molecule has 0 saturated heterocycles. The maximum absolute atomic E-state index is 12.9. The molecule has 2 heterocycles. The first kappa shape index (κ1) is 13.9. The van der Waals surface area contributed by atoms with Crippen molar-refractivity contribution in [3.05, 3.63) is 24.0 Å². The van der Waals surface area contributed by atoms with Gasteiger partial charge in [0.05, 0.1) is 12.2 Å². The highest BCUT2D eigenvalue weighted by molar-refractivity contribution is 6.00. The van der Waals surface area contributed by atoms with Crippen molar-refractivity contribution in [3.8, 4) is 0 Å². The minimum atomic E-state index is -0.306. The third-order valence-electron chi connectivity index (χ3n) is 3.44. The Bertz CT molecular complexity index is 512. The van der Waals surface area contributed by atoms with Crippen LogP contribution in [0.4, 0.5) is 5.88 Å². The average molecular weight is 261 g/mol. The van der Waals surface area contributed by atoms with Crippen LogP contribution in [-0.2, 0) is 4.79 Å². The lowest BCUT2D eigenvalue weighted by Gasteiger charge is -2.38. The van der Waals surface area contributed by atoms with Crippen molar-refractivity contribution < 1.29 is 9.21 Å². The van der Waals surface area contributed by atoms with Crippen LogP contribution >= 0.6 is 0 Å². The molecule has 0 radical (unpaired) electrons. The molecule has 1 aromatic heterocycles. The van der Waals surface area contributed by atoms with E-state index in [4.69, 9.17) is 4.42 Å². The second-order valence-electron chi connectivity index (χ2n) is 7.23. The van der Waals surface area contributed by atoms with Gasteiger partial charge >= 0.3 is 0 Å². The molecule has 1 amide bonds. The Hall–Kier alpha value is -1.51. The van der Waals surface area contributed by atoms with E-state index in [1.165, 1.54) is 0 Å². The molecule has 0 N–H and O–H groups in total. The van der Waals surface area contributed by atoms with Gasteiger partial charge in [0.2, 0.25) is 11.8 Å². The lowest BCUT2D eigenvalue weighted by molar-refractivity contribution is -0.124. The lowest BCUT2D eigenvalue weighted by Crippen LogP contribution is -2.50. The standard InChI is InChI=1S/C16H23NO2/c1-15(2,3)12-8-7-11-9-10-19-14(11)17(13(12)18)16(4,5)6/h7-10,12H,1-6H3. The van der Waals surface area contributed by atoms with Crippen LogP contribution in [0.25, 0.3) is 6.08 Å². The number of fused-ring (bicyclic) bond motifs is 1. The Balaban J connectivity index is 2.57. The average Bonchev–Trinajstić information content (AvgIpc) is 2.57. The highest BCUT2D eigenvalue weighted by atomic mass is 16.3. The van der Waals surface area contributed by atoms with Crippen LogP contribution in [0.15, 0.2) is 22.8 Å². The van der Waals surface area contributed by atoms with Crippen molar-refractivity contribution in [3.63, 3.8) is 0 Å². The molecule has 1 unspecified atom stereocenters. The number of carbonyl (C=O) groups is 1. The molecule has 0 aromatic carbocycles. The van der Waals surface area contributed by atoms with Crippen molar-refractivity contribution in [2.75, 3.05) is 4.90 Å². The van der Waals surface area contributed by atoms with Gasteiger partial charge in [-0.1, -0.05) is 32.9 Å². The number of rotatable bonds is 0. The van der Waals surface area contributed by atoms with Crippen LogP contribution in [0.3, 0.4) is 0 Å². The van der Waals surface area contributed by atoms with E-state index in [0.717, 1.165) is 5.56 Å². The number of hydrogen-bond donors (Lipinski definition) is 0. The largest absolute Gasteiger partial charge is 0.448 e. The number of furan rings is 1. The normalized spacial score (nSPS) is 20.4. The van der Waals surface area contributed by atoms with E-state index >= 15 is 0 Å². The fourth-order valence-electron chi connectivity index (χ4n) is 2.44. The molecule has 0 fully saturated rings. The van der Waals surface area contributed by atoms with E-state index in [0.29, 0.717) is 5.88 Å². The van der Waals surface area contributed by atoms with Crippen LogP contribution in [0.1, 0.15) is 47.1 Å². The Labute approximate surface area is 115 Å². The Kier molecular flexibility index (Phi) is 3.12. The summed E-state index contributed by atoms with van der Waals surface area (Å²) in [4.78, 5) is 14.7. The number of anilines is 1. The van der Waals surface area contributed by atoms with Crippen molar-refractivity contribution in [2.45, 2.75) is 47.1 Å². The lowest BCUT2D eigenvalue weighted by atomic mass is 9.79. The summed E-state index contributed by atoms with van der Waals surface area (Å²) in [5.41, 5.74) is 0.551. The van der Waals surface area contributed by atoms with Crippen LogP contribution in [0.5, 0.6) is 0 Å². The summed E-state index contributed by atoms with van der Waals surface area (Å²) >= 11 is 0. The Morgan fingerprint density at radius 2 is 1.79 bits per heavy atom. The Morgan fingerprint density at radius 3 is 2.32 bits per heavy atom. The van der Waals surface area contributed by atoms with Gasteiger partial charge in [0.1, 0.15) is 0 Å². The van der Waals surface area contributed by atoms with E-state index in [1.807, 2.05) is 39.0 Å². The zero-order valence-electron chi connectivity index (χ0n) is 12.7. The van der Waals surface area contributed by atoms with Crippen molar-refractivity contribution in [1.82, 2.24) is 0 Å².